The normalized spacial score (nSPS) is 11.4. The van der Waals surface area contributed by atoms with Crippen molar-refractivity contribution in [3.8, 4) is 11.4 Å². The minimum absolute atomic E-state index is 0.0558. The van der Waals surface area contributed by atoms with E-state index in [1.807, 2.05) is 0 Å². The van der Waals surface area contributed by atoms with Crippen molar-refractivity contribution >= 4 is 17.4 Å². The van der Waals surface area contributed by atoms with Gasteiger partial charge < -0.3 is 15.8 Å². The van der Waals surface area contributed by atoms with Crippen molar-refractivity contribution in [2.24, 2.45) is 5.73 Å². The van der Waals surface area contributed by atoms with E-state index in [1.54, 1.807) is 66.7 Å². The van der Waals surface area contributed by atoms with Crippen molar-refractivity contribution in [3.05, 3.63) is 124 Å². The lowest BCUT2D eigenvalue weighted by Gasteiger charge is -2.20. The van der Waals surface area contributed by atoms with Crippen LogP contribution in [0.4, 0.5) is 10.1 Å². The molecule has 0 bridgehead atoms. The number of nitrogens with zero attached hydrogens (tertiary/aromatic N) is 1. The quantitative estimate of drug-likeness (QED) is 0.288. The molecule has 1 unspecified atom stereocenters. The van der Waals surface area contributed by atoms with Crippen molar-refractivity contribution < 1.29 is 13.9 Å². The van der Waals surface area contributed by atoms with Gasteiger partial charge in [-0.15, -0.1) is 0 Å². The average molecular weight is 456 g/mol. The molecule has 1 aromatic heterocycles. The highest BCUT2D eigenvalue weighted by Gasteiger charge is 2.24. The van der Waals surface area contributed by atoms with Crippen LogP contribution in [0.2, 0.25) is 0 Å². The second kappa shape index (κ2) is 9.83. The van der Waals surface area contributed by atoms with Gasteiger partial charge in [0, 0.05) is 29.5 Å². The third-order valence-electron chi connectivity index (χ3n) is 5.05. The number of nitrogen functional groups attached to an aromatic ring is 1. The number of amides is 1. The predicted molar refractivity (Wildman–Crippen MR) is 128 cm³/mol. The lowest BCUT2D eigenvalue weighted by molar-refractivity contribution is -0.123. The van der Waals surface area contributed by atoms with Crippen molar-refractivity contribution in [1.29, 1.82) is 5.41 Å². The molecule has 4 aromatic rings. The van der Waals surface area contributed by atoms with Gasteiger partial charge in [0.2, 0.25) is 6.10 Å². The number of halogens is 1. The Hall–Kier alpha value is -4.72. The maximum atomic E-state index is 14.9. The number of hydrogen-bond acceptors (Lipinski definition) is 4. The minimum atomic E-state index is -1.10. The summed E-state index contributed by atoms with van der Waals surface area (Å²) in [5, 5.41) is 10.2. The number of benzene rings is 3. The topological polar surface area (TPSA) is 110 Å². The number of hydrogen-bond donors (Lipinski definition) is 3. The summed E-state index contributed by atoms with van der Waals surface area (Å²) in [6, 6.07) is 24.0. The van der Waals surface area contributed by atoms with E-state index < -0.39 is 17.8 Å². The number of carbonyl (C=O) groups excluding carboxylic acids is 1. The van der Waals surface area contributed by atoms with E-state index in [-0.39, 0.29) is 17.1 Å². The van der Waals surface area contributed by atoms with Crippen LogP contribution in [0.1, 0.15) is 17.2 Å². The standard InChI is InChI=1S/C26H21FN4O3/c27-21-16-19(31-14-5-4-11-23(31)32)12-13-22(21)30-26(33)24(17-7-2-1-3-8-17)34-20-10-6-9-18(15-20)25(28)29/h1-16,24H,(H3,28,29)(H,30,33). The molecule has 0 aliphatic carbocycles. The van der Waals surface area contributed by atoms with E-state index in [9.17, 15) is 14.0 Å². The average Bonchev–Trinajstić information content (AvgIpc) is 2.85. The zero-order valence-electron chi connectivity index (χ0n) is 17.9. The van der Waals surface area contributed by atoms with Crippen LogP contribution >= 0.6 is 0 Å². The van der Waals surface area contributed by atoms with Gasteiger partial charge in [-0.05, 0) is 30.3 Å². The molecule has 0 spiro atoms. The zero-order valence-corrected chi connectivity index (χ0v) is 17.9. The Morgan fingerprint density at radius 2 is 1.74 bits per heavy atom. The SMILES string of the molecule is N=C(N)c1cccc(OC(C(=O)Nc2ccc(-n3ccccc3=O)cc2F)c2ccccc2)c1. The fraction of sp³-hybridized carbons (Fsp3) is 0.0385. The maximum absolute atomic E-state index is 14.9. The Labute approximate surface area is 194 Å². The largest absolute Gasteiger partial charge is 0.476 e. The first-order chi connectivity index (χ1) is 16.4. The van der Waals surface area contributed by atoms with Crippen molar-refractivity contribution in [2.45, 2.75) is 6.10 Å². The van der Waals surface area contributed by atoms with Crippen LogP contribution in [0.15, 0.2) is 102 Å². The molecule has 0 radical (unpaired) electrons. The summed E-state index contributed by atoms with van der Waals surface area (Å²) < 4.78 is 22.1. The second-order valence-electron chi connectivity index (χ2n) is 7.41. The van der Waals surface area contributed by atoms with E-state index in [4.69, 9.17) is 15.9 Å². The number of amidine groups is 1. The van der Waals surface area contributed by atoms with Crippen molar-refractivity contribution in [3.63, 3.8) is 0 Å². The smallest absolute Gasteiger partial charge is 0.270 e. The summed E-state index contributed by atoms with van der Waals surface area (Å²) in [4.78, 5) is 25.2. The highest BCUT2D eigenvalue weighted by molar-refractivity contribution is 5.96. The van der Waals surface area contributed by atoms with E-state index >= 15 is 0 Å². The fourth-order valence-electron chi connectivity index (χ4n) is 3.37. The molecule has 0 aliphatic rings. The molecular formula is C26H21FN4O3. The van der Waals surface area contributed by atoms with Crippen LogP contribution in [0, 0.1) is 11.2 Å². The van der Waals surface area contributed by atoms with Gasteiger partial charge in [0.1, 0.15) is 17.4 Å². The minimum Gasteiger partial charge on any atom is -0.476 e. The highest BCUT2D eigenvalue weighted by Crippen LogP contribution is 2.26. The molecule has 1 atom stereocenters. The van der Waals surface area contributed by atoms with Gasteiger partial charge in [-0.1, -0.05) is 48.5 Å². The van der Waals surface area contributed by atoms with Gasteiger partial charge in [0.25, 0.3) is 11.5 Å². The molecule has 4 rings (SSSR count). The van der Waals surface area contributed by atoms with Gasteiger partial charge in [-0.3, -0.25) is 19.6 Å². The van der Waals surface area contributed by atoms with Gasteiger partial charge in [0.05, 0.1) is 11.4 Å². The lowest BCUT2D eigenvalue weighted by Crippen LogP contribution is -2.26. The molecule has 3 aromatic carbocycles. The Bertz CT molecular complexity index is 1400. The number of ether oxygens (including phenoxy) is 1. The molecular weight excluding hydrogens is 435 g/mol. The number of aromatic nitrogens is 1. The van der Waals surface area contributed by atoms with Gasteiger partial charge in [-0.25, -0.2) is 4.39 Å². The van der Waals surface area contributed by atoms with Gasteiger partial charge >= 0.3 is 0 Å². The van der Waals surface area contributed by atoms with Crippen molar-refractivity contribution in [1.82, 2.24) is 4.57 Å². The monoisotopic (exact) mass is 456 g/mol. The first-order valence-electron chi connectivity index (χ1n) is 10.4. The van der Waals surface area contributed by atoms with Crippen LogP contribution in [-0.4, -0.2) is 16.3 Å². The summed E-state index contributed by atoms with van der Waals surface area (Å²) in [6.45, 7) is 0. The Morgan fingerprint density at radius 1 is 0.971 bits per heavy atom. The number of carbonyl (C=O) groups is 1. The molecule has 0 saturated heterocycles. The van der Waals surface area contributed by atoms with Crippen molar-refractivity contribution in [2.75, 3.05) is 5.32 Å². The maximum Gasteiger partial charge on any atom is 0.270 e. The van der Waals surface area contributed by atoms with Crippen LogP contribution in [0.25, 0.3) is 5.69 Å². The molecule has 8 heteroatoms. The second-order valence-corrected chi connectivity index (χ2v) is 7.41. The number of rotatable bonds is 7. The summed E-state index contributed by atoms with van der Waals surface area (Å²) in [5.74, 6) is -1.10. The number of nitrogens with one attached hydrogen (secondary N) is 2. The number of pyridine rings is 1. The van der Waals surface area contributed by atoms with Crippen LogP contribution < -0.4 is 21.3 Å². The van der Waals surface area contributed by atoms with Crippen LogP contribution in [0.3, 0.4) is 0 Å². The summed E-state index contributed by atoms with van der Waals surface area (Å²) >= 11 is 0. The first-order valence-corrected chi connectivity index (χ1v) is 10.4. The number of anilines is 1. The number of nitrogens with two attached hydrogens (primary N) is 1. The van der Waals surface area contributed by atoms with Gasteiger partial charge in [0.15, 0.2) is 0 Å². The molecule has 170 valence electrons. The molecule has 4 N–H and O–H groups in total. The molecule has 0 saturated carbocycles. The summed E-state index contributed by atoms with van der Waals surface area (Å²) in [5.41, 5.74) is 6.53. The third-order valence-corrected chi connectivity index (χ3v) is 5.05. The zero-order chi connectivity index (χ0) is 24.1. The van der Waals surface area contributed by atoms with Crippen LogP contribution in [-0.2, 0) is 4.79 Å². The third kappa shape index (κ3) is 5.02. The molecule has 7 nitrogen and oxygen atoms in total. The first kappa shape index (κ1) is 22.5. The van der Waals surface area contributed by atoms with E-state index in [1.165, 1.54) is 35.0 Å². The van der Waals surface area contributed by atoms with E-state index in [0.717, 1.165) is 0 Å². The van der Waals surface area contributed by atoms with Gasteiger partial charge in [-0.2, -0.15) is 0 Å². The summed E-state index contributed by atoms with van der Waals surface area (Å²) in [7, 11) is 0. The van der Waals surface area contributed by atoms with E-state index in [0.29, 0.717) is 22.6 Å². The molecule has 34 heavy (non-hydrogen) atoms. The molecule has 0 fully saturated rings. The molecule has 1 heterocycles. The van der Waals surface area contributed by atoms with E-state index in [2.05, 4.69) is 5.32 Å². The predicted octanol–water partition coefficient (Wildman–Crippen LogP) is 4.02. The Balaban J connectivity index is 1.61. The Kier molecular flexibility index (Phi) is 6.49. The highest BCUT2D eigenvalue weighted by atomic mass is 19.1. The Morgan fingerprint density at radius 3 is 2.44 bits per heavy atom. The van der Waals surface area contributed by atoms with Crippen LogP contribution in [0.5, 0.6) is 5.75 Å². The molecule has 0 aliphatic heterocycles. The molecule has 1 amide bonds. The lowest BCUT2D eigenvalue weighted by atomic mass is 10.1. The fourth-order valence-corrected chi connectivity index (χ4v) is 3.37. The summed E-state index contributed by atoms with van der Waals surface area (Å²) in [6.07, 6.45) is 0.434.